The van der Waals surface area contributed by atoms with Gasteiger partial charge >= 0.3 is 0 Å². The zero-order valence-corrected chi connectivity index (χ0v) is 8.75. The molecule has 0 unspecified atom stereocenters. The van der Waals surface area contributed by atoms with Crippen molar-refractivity contribution in [1.29, 1.82) is 0 Å². The summed E-state index contributed by atoms with van der Waals surface area (Å²) in [4.78, 5) is 13.7. The van der Waals surface area contributed by atoms with Crippen LogP contribution in [0.5, 0.6) is 0 Å². The van der Waals surface area contributed by atoms with Gasteiger partial charge < -0.3 is 16.4 Å². The van der Waals surface area contributed by atoms with Crippen LogP contribution in [0.25, 0.3) is 0 Å². The number of carbonyl (C=O) groups is 1. The Balaban J connectivity index is 1.92. The summed E-state index contributed by atoms with van der Waals surface area (Å²) >= 11 is 0. The zero-order chi connectivity index (χ0) is 10.4. The maximum Gasteiger partial charge on any atom is 0.242 e. The standard InChI is InChI=1S/C10H19N3O/c1-9(11)4-6-13(7-5-9)8(14)10(12)2-3-10/h2-7,11-12H2,1H3. The minimum Gasteiger partial charge on any atom is -0.341 e. The van der Waals surface area contributed by atoms with Crippen molar-refractivity contribution in [3.8, 4) is 0 Å². The number of nitrogens with zero attached hydrogens (tertiary/aromatic N) is 1. The molecule has 14 heavy (non-hydrogen) atoms. The average molecular weight is 197 g/mol. The number of amides is 1. The SMILES string of the molecule is CC1(N)CCN(C(=O)C2(N)CC2)CC1. The summed E-state index contributed by atoms with van der Waals surface area (Å²) in [6, 6.07) is 0. The Kier molecular flexibility index (Phi) is 2.08. The molecule has 1 amide bonds. The Labute approximate surface area is 84.6 Å². The van der Waals surface area contributed by atoms with Crippen LogP contribution in [0.2, 0.25) is 0 Å². The second-order valence-electron chi connectivity index (χ2n) is 5.10. The summed E-state index contributed by atoms with van der Waals surface area (Å²) < 4.78 is 0. The predicted molar refractivity (Wildman–Crippen MR) is 54.6 cm³/mol. The summed E-state index contributed by atoms with van der Waals surface area (Å²) in [5.74, 6) is 0.132. The maximum atomic E-state index is 11.9. The molecule has 2 rings (SSSR count). The molecule has 1 saturated carbocycles. The first kappa shape index (κ1) is 9.93. The van der Waals surface area contributed by atoms with E-state index in [2.05, 4.69) is 0 Å². The lowest BCUT2D eigenvalue weighted by Crippen LogP contribution is -2.54. The van der Waals surface area contributed by atoms with Crippen molar-refractivity contribution in [2.75, 3.05) is 13.1 Å². The van der Waals surface area contributed by atoms with Gasteiger partial charge in [0.1, 0.15) is 0 Å². The van der Waals surface area contributed by atoms with Crippen molar-refractivity contribution >= 4 is 5.91 Å². The molecule has 4 N–H and O–H groups in total. The molecule has 1 aliphatic heterocycles. The molecule has 1 saturated heterocycles. The molecule has 0 aromatic heterocycles. The van der Waals surface area contributed by atoms with Crippen LogP contribution in [0, 0.1) is 0 Å². The molecule has 0 aromatic carbocycles. The van der Waals surface area contributed by atoms with Crippen LogP contribution in [-0.4, -0.2) is 35.0 Å². The van der Waals surface area contributed by atoms with Crippen molar-refractivity contribution in [2.24, 2.45) is 11.5 Å². The van der Waals surface area contributed by atoms with Crippen molar-refractivity contribution in [2.45, 2.75) is 43.7 Å². The molecule has 4 nitrogen and oxygen atoms in total. The van der Waals surface area contributed by atoms with Crippen LogP contribution >= 0.6 is 0 Å². The van der Waals surface area contributed by atoms with Crippen molar-refractivity contribution in [3.63, 3.8) is 0 Å². The van der Waals surface area contributed by atoms with Gasteiger partial charge in [0.25, 0.3) is 0 Å². The highest BCUT2D eigenvalue weighted by atomic mass is 16.2. The van der Waals surface area contributed by atoms with E-state index in [0.29, 0.717) is 0 Å². The summed E-state index contributed by atoms with van der Waals surface area (Å²) in [5, 5.41) is 0. The number of hydrogen-bond acceptors (Lipinski definition) is 3. The van der Waals surface area contributed by atoms with Gasteiger partial charge in [-0.1, -0.05) is 0 Å². The average Bonchev–Trinajstić information content (AvgIpc) is 2.84. The fraction of sp³-hybridized carbons (Fsp3) is 0.900. The molecular weight excluding hydrogens is 178 g/mol. The quantitative estimate of drug-likeness (QED) is 0.612. The lowest BCUT2D eigenvalue weighted by atomic mass is 9.90. The van der Waals surface area contributed by atoms with Gasteiger partial charge in [0.15, 0.2) is 0 Å². The fourth-order valence-electron chi connectivity index (χ4n) is 1.88. The monoisotopic (exact) mass is 197 g/mol. The third kappa shape index (κ3) is 1.77. The molecule has 0 atom stereocenters. The first-order valence-corrected chi connectivity index (χ1v) is 5.30. The number of piperidine rings is 1. The van der Waals surface area contributed by atoms with E-state index in [1.54, 1.807) is 0 Å². The molecule has 0 spiro atoms. The normalized spacial score (nSPS) is 28.6. The van der Waals surface area contributed by atoms with Crippen LogP contribution < -0.4 is 11.5 Å². The van der Waals surface area contributed by atoms with Crippen LogP contribution in [0.15, 0.2) is 0 Å². The Morgan fingerprint density at radius 2 is 1.64 bits per heavy atom. The van der Waals surface area contributed by atoms with Crippen LogP contribution in [0.4, 0.5) is 0 Å². The molecule has 4 heteroatoms. The van der Waals surface area contributed by atoms with Gasteiger partial charge in [-0.3, -0.25) is 4.79 Å². The van der Waals surface area contributed by atoms with E-state index in [1.165, 1.54) is 0 Å². The number of likely N-dealkylation sites (tertiary alicyclic amines) is 1. The molecule has 1 heterocycles. The molecule has 1 aliphatic carbocycles. The number of nitrogens with two attached hydrogens (primary N) is 2. The van der Waals surface area contributed by atoms with E-state index in [-0.39, 0.29) is 11.4 Å². The summed E-state index contributed by atoms with van der Waals surface area (Å²) in [6.07, 6.45) is 3.47. The largest absolute Gasteiger partial charge is 0.341 e. The third-order valence-electron chi connectivity index (χ3n) is 3.41. The van der Waals surface area contributed by atoms with E-state index in [4.69, 9.17) is 11.5 Å². The van der Waals surface area contributed by atoms with Crippen LogP contribution in [-0.2, 0) is 4.79 Å². The number of rotatable bonds is 1. The van der Waals surface area contributed by atoms with Gasteiger partial charge in [0.2, 0.25) is 5.91 Å². The maximum absolute atomic E-state index is 11.9. The van der Waals surface area contributed by atoms with E-state index in [9.17, 15) is 4.79 Å². The van der Waals surface area contributed by atoms with Gasteiger partial charge in [0.05, 0.1) is 5.54 Å². The highest BCUT2D eigenvalue weighted by molar-refractivity contribution is 5.89. The smallest absolute Gasteiger partial charge is 0.242 e. The van der Waals surface area contributed by atoms with Crippen LogP contribution in [0.3, 0.4) is 0 Å². The van der Waals surface area contributed by atoms with Gasteiger partial charge in [-0.2, -0.15) is 0 Å². The first-order chi connectivity index (χ1) is 6.43. The number of hydrogen-bond donors (Lipinski definition) is 2. The van der Waals surface area contributed by atoms with E-state index < -0.39 is 5.54 Å². The van der Waals surface area contributed by atoms with Gasteiger partial charge in [-0.05, 0) is 32.6 Å². The highest BCUT2D eigenvalue weighted by Gasteiger charge is 2.48. The predicted octanol–water partition coefficient (Wildman–Crippen LogP) is -0.182. The molecule has 0 aromatic rings. The van der Waals surface area contributed by atoms with E-state index >= 15 is 0 Å². The van der Waals surface area contributed by atoms with E-state index in [1.807, 2.05) is 11.8 Å². The van der Waals surface area contributed by atoms with Gasteiger partial charge in [0, 0.05) is 18.6 Å². The Morgan fingerprint density at radius 1 is 1.14 bits per heavy atom. The first-order valence-electron chi connectivity index (χ1n) is 5.30. The Morgan fingerprint density at radius 3 is 2.07 bits per heavy atom. The molecule has 80 valence electrons. The summed E-state index contributed by atoms with van der Waals surface area (Å²) in [7, 11) is 0. The minimum atomic E-state index is -0.512. The molecule has 2 aliphatic rings. The second-order valence-corrected chi connectivity index (χ2v) is 5.10. The molecular formula is C10H19N3O. The zero-order valence-electron chi connectivity index (χ0n) is 8.75. The molecule has 0 bridgehead atoms. The summed E-state index contributed by atoms with van der Waals surface area (Å²) in [6.45, 7) is 3.58. The van der Waals surface area contributed by atoms with Crippen molar-refractivity contribution < 1.29 is 4.79 Å². The van der Waals surface area contributed by atoms with E-state index in [0.717, 1.165) is 38.8 Å². The minimum absolute atomic E-state index is 0.0951. The van der Waals surface area contributed by atoms with Crippen molar-refractivity contribution in [3.05, 3.63) is 0 Å². The lowest BCUT2D eigenvalue weighted by Gasteiger charge is -2.37. The Hall–Kier alpha value is -0.610. The highest BCUT2D eigenvalue weighted by Crippen LogP contribution is 2.35. The third-order valence-corrected chi connectivity index (χ3v) is 3.41. The number of carbonyl (C=O) groups excluding carboxylic acids is 1. The molecule has 2 fully saturated rings. The second kappa shape index (κ2) is 2.94. The topological polar surface area (TPSA) is 72.3 Å². The summed E-state index contributed by atoms with van der Waals surface area (Å²) in [5.41, 5.74) is 11.3. The van der Waals surface area contributed by atoms with Gasteiger partial charge in [-0.15, -0.1) is 0 Å². The molecule has 0 radical (unpaired) electrons. The lowest BCUT2D eigenvalue weighted by molar-refractivity contribution is -0.135. The van der Waals surface area contributed by atoms with Crippen molar-refractivity contribution in [1.82, 2.24) is 4.90 Å². The van der Waals surface area contributed by atoms with Gasteiger partial charge in [-0.25, -0.2) is 0 Å². The van der Waals surface area contributed by atoms with Crippen LogP contribution in [0.1, 0.15) is 32.6 Å². The Bertz CT molecular complexity index is 248. The fourth-order valence-corrected chi connectivity index (χ4v) is 1.88.